The largest absolute Gasteiger partial charge is 0.454 e. The number of para-hydroxylation sites is 1. The number of ether oxygens (including phenoxy) is 2. The second kappa shape index (κ2) is 2.76. The molecule has 0 fully saturated rings. The van der Waals surface area contributed by atoms with E-state index in [-0.39, 0.29) is 11.7 Å². The highest BCUT2D eigenvalue weighted by atomic mass is 32.2. The standard InChI is InChI=1S/C7H6O4S/c8-12(9)6-3-1-2-5-7(6)11-4-10-5/h1-3H,4H2,(H,8,9). The Hall–Kier alpha value is -1.07. The van der Waals surface area contributed by atoms with Crippen molar-refractivity contribution in [3.8, 4) is 11.5 Å². The summed E-state index contributed by atoms with van der Waals surface area (Å²) in [6.07, 6.45) is 0. The lowest BCUT2D eigenvalue weighted by molar-refractivity contribution is 0.172. The molecule has 0 radical (unpaired) electrons. The zero-order valence-corrected chi connectivity index (χ0v) is 6.84. The SMILES string of the molecule is O=S(O)c1cccc2c1OCO2. The molecule has 1 atom stereocenters. The summed E-state index contributed by atoms with van der Waals surface area (Å²) >= 11 is -2.02. The van der Waals surface area contributed by atoms with E-state index < -0.39 is 11.1 Å². The molecule has 1 aliphatic rings. The second-order valence-corrected chi connectivity index (χ2v) is 3.18. The summed E-state index contributed by atoms with van der Waals surface area (Å²) in [6, 6.07) is 4.87. The van der Waals surface area contributed by atoms with Crippen molar-refractivity contribution in [2.75, 3.05) is 6.79 Å². The number of hydrogen-bond acceptors (Lipinski definition) is 3. The number of hydrogen-bond donors (Lipinski definition) is 1. The van der Waals surface area contributed by atoms with Gasteiger partial charge in [-0.3, -0.25) is 0 Å². The van der Waals surface area contributed by atoms with Crippen LogP contribution in [0.1, 0.15) is 0 Å². The highest BCUT2D eigenvalue weighted by Gasteiger charge is 2.19. The molecule has 12 heavy (non-hydrogen) atoms. The van der Waals surface area contributed by atoms with Gasteiger partial charge < -0.3 is 14.0 Å². The summed E-state index contributed by atoms with van der Waals surface area (Å²) in [5.74, 6) is 0.897. The average Bonchev–Trinajstić information content (AvgIpc) is 2.49. The molecule has 5 heteroatoms. The van der Waals surface area contributed by atoms with Crippen LogP contribution in [0.2, 0.25) is 0 Å². The number of fused-ring (bicyclic) bond motifs is 1. The summed E-state index contributed by atoms with van der Waals surface area (Å²) in [4.78, 5) is 0.255. The molecule has 1 aliphatic heterocycles. The van der Waals surface area contributed by atoms with Gasteiger partial charge in [-0.2, -0.15) is 0 Å². The van der Waals surface area contributed by atoms with Crippen molar-refractivity contribution in [3.63, 3.8) is 0 Å². The molecule has 0 aromatic heterocycles. The lowest BCUT2D eigenvalue weighted by atomic mass is 10.3. The first kappa shape index (κ1) is 7.57. The van der Waals surface area contributed by atoms with Crippen LogP contribution in [0.4, 0.5) is 0 Å². The third-order valence-electron chi connectivity index (χ3n) is 1.55. The van der Waals surface area contributed by atoms with Crippen molar-refractivity contribution in [2.45, 2.75) is 4.90 Å². The molecule has 64 valence electrons. The van der Waals surface area contributed by atoms with Crippen LogP contribution < -0.4 is 9.47 Å². The van der Waals surface area contributed by atoms with E-state index in [9.17, 15) is 4.21 Å². The summed E-state index contributed by atoms with van der Waals surface area (Å²) in [7, 11) is 0. The zero-order chi connectivity index (χ0) is 8.55. The molecule has 4 nitrogen and oxygen atoms in total. The Morgan fingerprint density at radius 2 is 2.25 bits per heavy atom. The van der Waals surface area contributed by atoms with Gasteiger partial charge in [-0.1, -0.05) is 6.07 Å². The van der Waals surface area contributed by atoms with Crippen molar-refractivity contribution in [1.82, 2.24) is 0 Å². The predicted octanol–water partition coefficient (Wildman–Crippen LogP) is 0.996. The topological polar surface area (TPSA) is 55.8 Å². The predicted molar refractivity (Wildman–Crippen MR) is 41.6 cm³/mol. The minimum absolute atomic E-state index is 0.115. The van der Waals surface area contributed by atoms with Gasteiger partial charge in [0.25, 0.3) is 0 Å². The quantitative estimate of drug-likeness (QED) is 0.664. The van der Waals surface area contributed by atoms with Crippen LogP contribution in [-0.2, 0) is 11.1 Å². The molecule has 0 aliphatic carbocycles. The Bertz CT molecular complexity index is 336. The normalized spacial score (nSPS) is 16.1. The van der Waals surface area contributed by atoms with Crippen molar-refractivity contribution < 1.29 is 18.2 Å². The molecule has 1 aromatic carbocycles. The third kappa shape index (κ3) is 1.07. The molecule has 0 saturated heterocycles. The van der Waals surface area contributed by atoms with Gasteiger partial charge >= 0.3 is 0 Å². The summed E-state index contributed by atoms with van der Waals surface area (Å²) in [6.45, 7) is 0.115. The lowest BCUT2D eigenvalue weighted by Gasteiger charge is -1.99. The van der Waals surface area contributed by atoms with Crippen LogP contribution in [0.3, 0.4) is 0 Å². The lowest BCUT2D eigenvalue weighted by Crippen LogP contribution is -1.95. The molecule has 0 bridgehead atoms. The fourth-order valence-corrected chi connectivity index (χ4v) is 1.55. The van der Waals surface area contributed by atoms with E-state index >= 15 is 0 Å². The van der Waals surface area contributed by atoms with E-state index in [0.29, 0.717) is 11.5 Å². The van der Waals surface area contributed by atoms with Gasteiger partial charge in [0.15, 0.2) is 22.6 Å². The van der Waals surface area contributed by atoms with Crippen LogP contribution in [-0.4, -0.2) is 15.6 Å². The monoisotopic (exact) mass is 186 g/mol. The van der Waals surface area contributed by atoms with E-state index in [4.69, 9.17) is 14.0 Å². The molecule has 2 rings (SSSR count). The number of rotatable bonds is 1. The van der Waals surface area contributed by atoms with Crippen molar-refractivity contribution in [2.24, 2.45) is 0 Å². The highest BCUT2D eigenvalue weighted by Crippen LogP contribution is 2.36. The van der Waals surface area contributed by atoms with E-state index in [0.717, 1.165) is 0 Å². The maximum Gasteiger partial charge on any atom is 0.231 e. The van der Waals surface area contributed by atoms with Gasteiger partial charge in [0.05, 0.1) is 0 Å². The smallest absolute Gasteiger partial charge is 0.231 e. The summed E-state index contributed by atoms with van der Waals surface area (Å²) in [5, 5.41) is 0. The molecular formula is C7H6O4S. The maximum atomic E-state index is 10.7. The molecule has 0 amide bonds. The zero-order valence-electron chi connectivity index (χ0n) is 6.02. The van der Waals surface area contributed by atoms with E-state index in [2.05, 4.69) is 0 Å². The van der Waals surface area contributed by atoms with Gasteiger partial charge in [0.2, 0.25) is 6.79 Å². The highest BCUT2D eigenvalue weighted by molar-refractivity contribution is 7.79. The van der Waals surface area contributed by atoms with Gasteiger partial charge in [0.1, 0.15) is 4.90 Å². The summed E-state index contributed by atoms with van der Waals surface area (Å²) in [5.41, 5.74) is 0. The molecular weight excluding hydrogens is 180 g/mol. The van der Waals surface area contributed by atoms with Crippen LogP contribution in [0, 0.1) is 0 Å². The second-order valence-electron chi connectivity index (χ2n) is 2.24. The first-order chi connectivity index (χ1) is 5.79. The van der Waals surface area contributed by atoms with Gasteiger partial charge in [-0.25, -0.2) is 4.21 Å². The molecule has 0 saturated carbocycles. The Balaban J connectivity index is 2.56. The molecule has 0 spiro atoms. The Morgan fingerprint density at radius 1 is 1.42 bits per heavy atom. The minimum atomic E-state index is -2.02. The van der Waals surface area contributed by atoms with Crippen molar-refractivity contribution in [3.05, 3.63) is 18.2 Å². The Kier molecular flexibility index (Phi) is 1.74. The Labute approximate surface area is 71.4 Å². The van der Waals surface area contributed by atoms with Crippen molar-refractivity contribution in [1.29, 1.82) is 0 Å². The fraction of sp³-hybridized carbons (Fsp3) is 0.143. The fourth-order valence-electron chi connectivity index (χ4n) is 1.04. The van der Waals surface area contributed by atoms with Crippen LogP contribution in [0.5, 0.6) is 11.5 Å². The van der Waals surface area contributed by atoms with Crippen LogP contribution in [0.15, 0.2) is 23.1 Å². The molecule has 1 aromatic rings. The van der Waals surface area contributed by atoms with Crippen LogP contribution in [0.25, 0.3) is 0 Å². The minimum Gasteiger partial charge on any atom is -0.454 e. The summed E-state index contributed by atoms with van der Waals surface area (Å²) < 4.78 is 29.6. The Morgan fingerprint density at radius 3 is 3.00 bits per heavy atom. The van der Waals surface area contributed by atoms with Crippen molar-refractivity contribution >= 4 is 11.1 Å². The number of benzene rings is 1. The first-order valence-corrected chi connectivity index (χ1v) is 4.39. The van der Waals surface area contributed by atoms with Gasteiger partial charge in [-0.05, 0) is 12.1 Å². The molecule has 1 unspecified atom stereocenters. The third-order valence-corrected chi connectivity index (χ3v) is 2.25. The van der Waals surface area contributed by atoms with Crippen LogP contribution >= 0.6 is 0 Å². The first-order valence-electron chi connectivity index (χ1n) is 3.28. The van der Waals surface area contributed by atoms with E-state index in [1.54, 1.807) is 12.1 Å². The van der Waals surface area contributed by atoms with Gasteiger partial charge in [-0.15, -0.1) is 0 Å². The molecule has 1 N–H and O–H groups in total. The maximum absolute atomic E-state index is 10.7. The van der Waals surface area contributed by atoms with Gasteiger partial charge in [0, 0.05) is 0 Å². The molecule has 1 heterocycles. The van der Waals surface area contributed by atoms with E-state index in [1.807, 2.05) is 0 Å². The van der Waals surface area contributed by atoms with E-state index in [1.165, 1.54) is 6.07 Å². The average molecular weight is 186 g/mol.